The maximum atomic E-state index is 14.2. The number of hydrogen-bond acceptors (Lipinski definition) is 2. The molecule has 1 unspecified atom stereocenters. The average molecular weight is 281 g/mol. The first-order valence-corrected chi connectivity index (χ1v) is 6.81. The molecule has 4 heteroatoms. The van der Waals surface area contributed by atoms with E-state index < -0.39 is 0 Å². The molecule has 0 aliphatic carbocycles. The Morgan fingerprint density at radius 1 is 1.10 bits per heavy atom. The van der Waals surface area contributed by atoms with E-state index in [1.54, 1.807) is 29.1 Å². The first-order valence-electron chi connectivity index (χ1n) is 6.81. The van der Waals surface area contributed by atoms with Crippen molar-refractivity contribution in [3.63, 3.8) is 0 Å². The van der Waals surface area contributed by atoms with E-state index in [0.29, 0.717) is 11.3 Å². The zero-order chi connectivity index (χ0) is 14.8. The highest BCUT2D eigenvalue weighted by Gasteiger charge is 2.13. The first-order chi connectivity index (χ1) is 10.2. The largest absolute Gasteiger partial charge is 0.324 e. The van der Waals surface area contributed by atoms with Crippen LogP contribution in [0.25, 0.3) is 16.9 Å². The molecule has 0 radical (unpaired) electrons. The second-order valence-electron chi connectivity index (χ2n) is 4.99. The van der Waals surface area contributed by atoms with Crippen LogP contribution in [-0.4, -0.2) is 9.78 Å². The molecule has 1 atom stereocenters. The van der Waals surface area contributed by atoms with Crippen molar-refractivity contribution >= 4 is 0 Å². The molecule has 3 aromatic rings. The molecule has 2 N–H and O–H groups in total. The Hall–Kier alpha value is -2.46. The lowest BCUT2D eigenvalue weighted by atomic mass is 10.0. The van der Waals surface area contributed by atoms with Crippen molar-refractivity contribution in [3.8, 4) is 16.9 Å². The van der Waals surface area contributed by atoms with Crippen molar-refractivity contribution in [3.05, 3.63) is 72.2 Å². The van der Waals surface area contributed by atoms with E-state index in [2.05, 4.69) is 5.10 Å². The lowest BCUT2D eigenvalue weighted by molar-refractivity contribution is 0.627. The fourth-order valence-corrected chi connectivity index (χ4v) is 2.30. The summed E-state index contributed by atoms with van der Waals surface area (Å²) in [5, 5.41) is 4.30. The Balaban J connectivity index is 2.14. The van der Waals surface area contributed by atoms with Gasteiger partial charge in [0.15, 0.2) is 0 Å². The van der Waals surface area contributed by atoms with Crippen molar-refractivity contribution in [2.24, 2.45) is 5.73 Å². The van der Waals surface area contributed by atoms with Crippen LogP contribution in [0.1, 0.15) is 18.5 Å². The molecule has 0 spiro atoms. The minimum Gasteiger partial charge on any atom is -0.324 e. The highest BCUT2D eigenvalue weighted by Crippen LogP contribution is 2.27. The molecular formula is C17H16FN3. The molecule has 1 heterocycles. The number of nitrogens with two attached hydrogens (primary N) is 1. The lowest BCUT2D eigenvalue weighted by Crippen LogP contribution is -2.06. The minimum absolute atomic E-state index is 0.141. The lowest BCUT2D eigenvalue weighted by Gasteiger charge is -2.11. The van der Waals surface area contributed by atoms with Gasteiger partial charge in [-0.3, -0.25) is 0 Å². The van der Waals surface area contributed by atoms with Gasteiger partial charge in [-0.15, -0.1) is 0 Å². The van der Waals surface area contributed by atoms with Crippen molar-refractivity contribution in [1.82, 2.24) is 9.78 Å². The molecule has 2 aromatic carbocycles. The molecule has 0 aliphatic heterocycles. The van der Waals surface area contributed by atoms with Crippen LogP contribution in [0.3, 0.4) is 0 Å². The molecular weight excluding hydrogens is 265 g/mol. The Morgan fingerprint density at radius 3 is 2.57 bits per heavy atom. The van der Waals surface area contributed by atoms with E-state index in [1.165, 1.54) is 6.07 Å². The molecule has 0 aliphatic rings. The van der Waals surface area contributed by atoms with Gasteiger partial charge < -0.3 is 5.73 Å². The first kappa shape index (κ1) is 13.5. The van der Waals surface area contributed by atoms with E-state index >= 15 is 0 Å². The topological polar surface area (TPSA) is 43.8 Å². The quantitative estimate of drug-likeness (QED) is 0.795. The summed E-state index contributed by atoms with van der Waals surface area (Å²) < 4.78 is 15.9. The van der Waals surface area contributed by atoms with Crippen LogP contribution in [0.15, 0.2) is 60.8 Å². The Morgan fingerprint density at radius 2 is 1.86 bits per heavy atom. The highest BCUT2D eigenvalue weighted by atomic mass is 19.1. The third-order valence-electron chi connectivity index (χ3n) is 3.44. The van der Waals surface area contributed by atoms with Gasteiger partial charge in [-0.1, -0.05) is 24.3 Å². The third kappa shape index (κ3) is 2.58. The molecule has 0 fully saturated rings. The predicted octanol–water partition coefficient (Wildman–Crippen LogP) is 3.70. The normalized spacial score (nSPS) is 12.3. The van der Waals surface area contributed by atoms with Gasteiger partial charge in [0, 0.05) is 11.6 Å². The molecule has 0 bridgehead atoms. The number of nitrogens with zero attached hydrogens (tertiary/aromatic N) is 2. The molecule has 3 nitrogen and oxygen atoms in total. The average Bonchev–Trinajstić information content (AvgIpc) is 2.97. The Bertz CT molecular complexity index is 748. The third-order valence-corrected chi connectivity index (χ3v) is 3.44. The van der Waals surface area contributed by atoms with Crippen LogP contribution < -0.4 is 5.73 Å². The fraction of sp³-hybridized carbons (Fsp3) is 0.118. The highest BCUT2D eigenvalue weighted by molar-refractivity contribution is 5.63. The SMILES string of the molecule is CC(N)c1ccc(F)c(-c2ccnn2-c2ccccc2)c1. The number of para-hydroxylation sites is 1. The van der Waals surface area contributed by atoms with Gasteiger partial charge in [0.2, 0.25) is 0 Å². The zero-order valence-electron chi connectivity index (χ0n) is 11.7. The summed E-state index contributed by atoms with van der Waals surface area (Å²) in [5.41, 5.74) is 8.89. The van der Waals surface area contributed by atoms with Crippen LogP contribution >= 0.6 is 0 Å². The van der Waals surface area contributed by atoms with E-state index in [9.17, 15) is 4.39 Å². The van der Waals surface area contributed by atoms with Crippen molar-refractivity contribution < 1.29 is 4.39 Å². The second-order valence-corrected chi connectivity index (χ2v) is 4.99. The van der Waals surface area contributed by atoms with E-state index in [0.717, 1.165) is 11.3 Å². The van der Waals surface area contributed by atoms with Crippen molar-refractivity contribution in [2.45, 2.75) is 13.0 Å². The molecule has 21 heavy (non-hydrogen) atoms. The van der Waals surface area contributed by atoms with Gasteiger partial charge in [0.05, 0.1) is 17.6 Å². The summed E-state index contributed by atoms with van der Waals surface area (Å²) >= 11 is 0. The van der Waals surface area contributed by atoms with Crippen LogP contribution in [0.4, 0.5) is 4.39 Å². The summed E-state index contributed by atoms with van der Waals surface area (Å²) in [4.78, 5) is 0. The van der Waals surface area contributed by atoms with Gasteiger partial charge >= 0.3 is 0 Å². The summed E-state index contributed by atoms with van der Waals surface area (Å²) in [6, 6.07) is 16.3. The molecule has 0 saturated heterocycles. The summed E-state index contributed by atoms with van der Waals surface area (Å²) in [7, 11) is 0. The standard InChI is InChI=1S/C17H16FN3/c1-12(19)13-7-8-16(18)15(11-13)17-9-10-20-21(17)14-5-3-2-4-6-14/h2-12H,19H2,1H3. The number of rotatable bonds is 3. The van der Waals surface area contributed by atoms with Gasteiger partial charge in [-0.05, 0) is 42.8 Å². The zero-order valence-corrected chi connectivity index (χ0v) is 11.7. The Labute approximate surface area is 122 Å². The van der Waals surface area contributed by atoms with E-state index in [4.69, 9.17) is 5.73 Å². The van der Waals surface area contributed by atoms with Gasteiger partial charge in [0.25, 0.3) is 0 Å². The fourth-order valence-electron chi connectivity index (χ4n) is 2.30. The van der Waals surface area contributed by atoms with E-state index in [1.807, 2.05) is 37.3 Å². The number of hydrogen-bond donors (Lipinski definition) is 1. The van der Waals surface area contributed by atoms with Crippen molar-refractivity contribution in [1.29, 1.82) is 0 Å². The molecule has 106 valence electrons. The van der Waals surface area contributed by atoms with Crippen LogP contribution in [0.2, 0.25) is 0 Å². The maximum Gasteiger partial charge on any atom is 0.132 e. The number of aromatic nitrogens is 2. The molecule has 0 amide bonds. The smallest absolute Gasteiger partial charge is 0.132 e. The van der Waals surface area contributed by atoms with Crippen LogP contribution in [0.5, 0.6) is 0 Å². The monoisotopic (exact) mass is 281 g/mol. The second kappa shape index (κ2) is 5.50. The Kier molecular flexibility index (Phi) is 3.54. The predicted molar refractivity (Wildman–Crippen MR) is 81.6 cm³/mol. The van der Waals surface area contributed by atoms with Crippen LogP contribution in [0, 0.1) is 5.82 Å². The molecule has 3 rings (SSSR count). The molecule has 0 saturated carbocycles. The maximum absolute atomic E-state index is 14.2. The van der Waals surface area contributed by atoms with Gasteiger partial charge in [-0.2, -0.15) is 5.10 Å². The van der Waals surface area contributed by atoms with Crippen molar-refractivity contribution in [2.75, 3.05) is 0 Å². The van der Waals surface area contributed by atoms with E-state index in [-0.39, 0.29) is 11.9 Å². The van der Waals surface area contributed by atoms with Gasteiger partial charge in [0.1, 0.15) is 5.82 Å². The molecule has 1 aromatic heterocycles. The summed E-state index contributed by atoms with van der Waals surface area (Å²) in [6.45, 7) is 1.88. The minimum atomic E-state index is -0.280. The van der Waals surface area contributed by atoms with Gasteiger partial charge in [-0.25, -0.2) is 9.07 Å². The number of halogens is 1. The number of benzene rings is 2. The summed E-state index contributed by atoms with van der Waals surface area (Å²) in [6.07, 6.45) is 1.67. The summed E-state index contributed by atoms with van der Waals surface area (Å²) in [5.74, 6) is -0.280. The van der Waals surface area contributed by atoms with Crippen LogP contribution in [-0.2, 0) is 0 Å².